The third-order valence-electron chi connectivity index (χ3n) is 7.14. The molecule has 10 heteroatoms. The number of nitrogens with zero attached hydrogens (tertiary/aromatic N) is 5. The molecule has 0 bridgehead atoms. The van der Waals surface area contributed by atoms with Crippen LogP contribution in [0.1, 0.15) is 65.2 Å². The Hall–Kier alpha value is -4.86. The number of hydrogen-bond donors (Lipinski definition) is 0. The van der Waals surface area contributed by atoms with Crippen LogP contribution in [0, 0.1) is 0 Å². The van der Waals surface area contributed by atoms with Gasteiger partial charge >= 0.3 is 11.9 Å². The minimum Gasteiger partial charge on any atom is -0.494 e. The Bertz CT molecular complexity index is 1410. The minimum absolute atomic E-state index is 0.0873. The fourth-order valence-electron chi connectivity index (χ4n) is 4.50. The SMILES string of the molecule is C=CC(=O)OCCN(CC)c1ccc(N=Nc2ccc(N=Nc3ccc(OCCCCCCCCOC(=O)CCC)cc3)cc2)cc1. The monoisotopic (exact) mass is 641 g/mol. The molecule has 0 aromatic heterocycles. The molecule has 0 saturated carbocycles. The van der Waals surface area contributed by atoms with Gasteiger partial charge < -0.3 is 19.1 Å². The minimum atomic E-state index is -0.421. The van der Waals surface area contributed by atoms with Gasteiger partial charge in [0.1, 0.15) is 12.4 Å². The molecule has 3 aromatic carbocycles. The van der Waals surface area contributed by atoms with Crippen molar-refractivity contribution in [1.29, 1.82) is 0 Å². The van der Waals surface area contributed by atoms with Crippen LogP contribution < -0.4 is 9.64 Å². The smallest absolute Gasteiger partial charge is 0.330 e. The lowest BCUT2D eigenvalue weighted by molar-refractivity contribution is -0.143. The van der Waals surface area contributed by atoms with Gasteiger partial charge in [0.05, 0.1) is 42.5 Å². The molecule has 0 spiro atoms. The number of carbonyl (C=O) groups is 2. The van der Waals surface area contributed by atoms with E-state index < -0.39 is 5.97 Å². The molecular formula is C37H47N5O5. The number of benzene rings is 3. The molecule has 0 aliphatic heterocycles. The highest BCUT2D eigenvalue weighted by atomic mass is 16.5. The molecule has 0 heterocycles. The van der Waals surface area contributed by atoms with Gasteiger partial charge in [0.2, 0.25) is 0 Å². The zero-order valence-corrected chi connectivity index (χ0v) is 27.7. The van der Waals surface area contributed by atoms with Crippen LogP contribution in [-0.2, 0) is 19.1 Å². The maximum Gasteiger partial charge on any atom is 0.330 e. The summed E-state index contributed by atoms with van der Waals surface area (Å²) in [6, 6.07) is 22.7. The lowest BCUT2D eigenvalue weighted by Gasteiger charge is -2.22. The van der Waals surface area contributed by atoms with Crippen LogP contribution in [0.5, 0.6) is 5.75 Å². The van der Waals surface area contributed by atoms with Crippen LogP contribution in [0.4, 0.5) is 28.4 Å². The van der Waals surface area contributed by atoms with E-state index in [1.54, 1.807) is 0 Å². The summed E-state index contributed by atoms with van der Waals surface area (Å²) in [5, 5.41) is 17.3. The van der Waals surface area contributed by atoms with Gasteiger partial charge in [-0.25, -0.2) is 4.79 Å². The van der Waals surface area contributed by atoms with Gasteiger partial charge in [0.25, 0.3) is 0 Å². The summed E-state index contributed by atoms with van der Waals surface area (Å²) in [6.07, 6.45) is 8.95. The van der Waals surface area contributed by atoms with Crippen molar-refractivity contribution in [3.8, 4) is 5.75 Å². The van der Waals surface area contributed by atoms with Crippen LogP contribution >= 0.6 is 0 Å². The third-order valence-corrected chi connectivity index (χ3v) is 7.14. The van der Waals surface area contributed by atoms with Gasteiger partial charge in [-0.1, -0.05) is 39.2 Å². The second-order valence-corrected chi connectivity index (χ2v) is 10.8. The van der Waals surface area contributed by atoms with Crippen molar-refractivity contribution < 1.29 is 23.8 Å². The standard InChI is InChI=1S/C37H47N5O5/c1-4-13-37(44)46-28-12-10-8-7-9-11-27-45-35-24-20-33(21-25-35)41-39-31-16-14-30(15-17-31)38-40-32-18-22-34(23-19-32)42(6-3)26-29-47-36(43)5-2/h5,14-25H,2,4,6-13,26-29H2,1,3H3. The average molecular weight is 642 g/mol. The molecule has 0 radical (unpaired) electrons. The number of likely N-dealkylation sites (N-methyl/N-ethyl adjacent to an activating group) is 1. The number of ether oxygens (including phenoxy) is 3. The molecule has 0 aliphatic rings. The lowest BCUT2D eigenvalue weighted by atomic mass is 10.1. The maximum atomic E-state index is 11.3. The van der Waals surface area contributed by atoms with Gasteiger partial charge in [-0.05, 0) is 99.0 Å². The predicted molar refractivity (Wildman–Crippen MR) is 186 cm³/mol. The van der Waals surface area contributed by atoms with Crippen LogP contribution in [0.3, 0.4) is 0 Å². The summed E-state index contributed by atoms with van der Waals surface area (Å²) in [4.78, 5) is 24.7. The van der Waals surface area contributed by atoms with Gasteiger partial charge in [-0.2, -0.15) is 20.5 Å². The molecule has 0 atom stereocenters. The van der Waals surface area contributed by atoms with Gasteiger partial charge in [-0.15, -0.1) is 0 Å². The summed E-state index contributed by atoms with van der Waals surface area (Å²) < 4.78 is 16.1. The van der Waals surface area contributed by atoms with Crippen molar-refractivity contribution >= 4 is 40.4 Å². The first-order valence-corrected chi connectivity index (χ1v) is 16.5. The van der Waals surface area contributed by atoms with E-state index in [2.05, 4.69) is 31.9 Å². The molecule has 0 unspecified atom stereocenters. The molecule has 10 nitrogen and oxygen atoms in total. The maximum absolute atomic E-state index is 11.3. The van der Waals surface area contributed by atoms with Crippen molar-refractivity contribution in [2.75, 3.05) is 37.8 Å². The van der Waals surface area contributed by atoms with Crippen LogP contribution in [-0.4, -0.2) is 44.8 Å². The normalized spacial score (nSPS) is 11.1. The molecule has 0 amide bonds. The summed E-state index contributed by atoms with van der Waals surface area (Å²) >= 11 is 0. The van der Waals surface area contributed by atoms with Crippen molar-refractivity contribution in [3.05, 3.63) is 85.5 Å². The van der Waals surface area contributed by atoms with Crippen LogP contribution in [0.2, 0.25) is 0 Å². The fourth-order valence-corrected chi connectivity index (χ4v) is 4.50. The predicted octanol–water partition coefficient (Wildman–Crippen LogP) is 10.1. The van der Waals surface area contributed by atoms with E-state index in [9.17, 15) is 9.59 Å². The molecule has 3 rings (SSSR count). The Balaban J connectivity index is 1.34. The number of unbranched alkanes of at least 4 members (excludes halogenated alkanes) is 5. The van der Waals surface area contributed by atoms with E-state index in [4.69, 9.17) is 14.2 Å². The number of anilines is 1. The highest BCUT2D eigenvalue weighted by molar-refractivity contribution is 5.81. The third kappa shape index (κ3) is 14.9. The Morgan fingerprint density at radius 3 is 1.66 bits per heavy atom. The van der Waals surface area contributed by atoms with E-state index in [1.807, 2.05) is 86.6 Å². The average Bonchev–Trinajstić information content (AvgIpc) is 3.10. The number of rotatable bonds is 22. The molecule has 3 aromatic rings. The fraction of sp³-hybridized carbons (Fsp3) is 0.405. The van der Waals surface area contributed by atoms with E-state index in [0.29, 0.717) is 44.2 Å². The molecule has 47 heavy (non-hydrogen) atoms. The first-order chi connectivity index (χ1) is 23.0. The first-order valence-electron chi connectivity index (χ1n) is 16.5. The zero-order valence-electron chi connectivity index (χ0n) is 27.7. The van der Waals surface area contributed by atoms with E-state index in [1.165, 1.54) is 0 Å². The van der Waals surface area contributed by atoms with Gasteiger partial charge in [-0.3, -0.25) is 4.79 Å². The second kappa shape index (κ2) is 21.8. The number of carbonyl (C=O) groups excluding carboxylic acids is 2. The number of azo groups is 2. The van der Waals surface area contributed by atoms with Crippen molar-refractivity contribution in [3.63, 3.8) is 0 Å². The van der Waals surface area contributed by atoms with Gasteiger partial charge in [0.15, 0.2) is 0 Å². The molecule has 250 valence electrons. The largest absolute Gasteiger partial charge is 0.494 e. The second-order valence-electron chi connectivity index (χ2n) is 10.8. The molecule has 0 N–H and O–H groups in total. The van der Waals surface area contributed by atoms with E-state index in [0.717, 1.165) is 80.4 Å². The van der Waals surface area contributed by atoms with Crippen LogP contribution in [0.25, 0.3) is 0 Å². The van der Waals surface area contributed by atoms with Gasteiger partial charge in [0, 0.05) is 24.7 Å². The van der Waals surface area contributed by atoms with Crippen molar-refractivity contribution in [1.82, 2.24) is 0 Å². The number of hydrogen-bond acceptors (Lipinski definition) is 10. The highest BCUT2D eigenvalue weighted by Gasteiger charge is 2.06. The van der Waals surface area contributed by atoms with E-state index >= 15 is 0 Å². The quantitative estimate of drug-likeness (QED) is 0.0467. The molecule has 0 saturated heterocycles. The van der Waals surface area contributed by atoms with Crippen LogP contribution in [0.15, 0.2) is 106 Å². The summed E-state index contributed by atoms with van der Waals surface area (Å²) in [5.41, 5.74) is 3.90. The lowest BCUT2D eigenvalue weighted by Crippen LogP contribution is -2.27. The van der Waals surface area contributed by atoms with E-state index in [-0.39, 0.29) is 5.97 Å². The molecule has 0 aliphatic carbocycles. The number of esters is 2. The van der Waals surface area contributed by atoms with Crippen molar-refractivity contribution in [2.45, 2.75) is 65.2 Å². The Kier molecular flexibility index (Phi) is 17.0. The summed E-state index contributed by atoms with van der Waals surface area (Å²) in [7, 11) is 0. The first kappa shape index (κ1) is 36.6. The topological polar surface area (TPSA) is 115 Å². The highest BCUT2D eigenvalue weighted by Crippen LogP contribution is 2.26. The summed E-state index contributed by atoms with van der Waals surface area (Å²) in [5.74, 6) is 0.308. The summed E-state index contributed by atoms with van der Waals surface area (Å²) in [6.45, 7) is 10.3. The molecular weight excluding hydrogens is 594 g/mol. The van der Waals surface area contributed by atoms with Crippen molar-refractivity contribution in [2.24, 2.45) is 20.5 Å². The Morgan fingerprint density at radius 2 is 1.15 bits per heavy atom. The molecule has 0 fully saturated rings. The Labute approximate surface area is 278 Å². The zero-order chi connectivity index (χ0) is 33.5. The Morgan fingerprint density at radius 1 is 0.660 bits per heavy atom.